The number of alkyl carbamates (subject to hydrolysis) is 1. The number of hydrogen-bond acceptors (Lipinski definition) is 5. The monoisotopic (exact) mass is 515 g/mol. The molecular formula is C24H23Cl2N5O2S. The summed E-state index contributed by atoms with van der Waals surface area (Å²) in [6.07, 6.45) is 3.57. The molecule has 0 saturated heterocycles. The average molecular weight is 516 g/mol. The minimum Gasteiger partial charge on any atom is -0.450 e. The van der Waals surface area contributed by atoms with Crippen LogP contribution in [0.2, 0.25) is 10.0 Å². The Bertz CT molecular complexity index is 1190. The molecule has 0 aliphatic rings. The molecule has 3 rings (SSSR count). The second kappa shape index (κ2) is 12.4. The number of halogens is 2. The molecule has 0 spiro atoms. The van der Waals surface area contributed by atoms with Crippen molar-refractivity contribution in [3.8, 4) is 6.07 Å². The number of ether oxygens (including phenoxy) is 1. The third-order valence-corrected chi connectivity index (χ3v) is 6.26. The number of amides is 1. The number of nitriles is 1. The lowest BCUT2D eigenvalue weighted by Gasteiger charge is -2.26. The van der Waals surface area contributed by atoms with Crippen LogP contribution in [0.5, 0.6) is 0 Å². The Morgan fingerprint density at radius 3 is 2.74 bits per heavy atom. The van der Waals surface area contributed by atoms with Gasteiger partial charge in [-0.1, -0.05) is 47.5 Å². The largest absolute Gasteiger partial charge is 0.450 e. The molecule has 0 fully saturated rings. The van der Waals surface area contributed by atoms with Gasteiger partial charge in [0.05, 0.1) is 34.6 Å². The minimum atomic E-state index is -0.611. The molecule has 0 unspecified atom stereocenters. The topological polar surface area (TPSA) is 83.2 Å². The van der Waals surface area contributed by atoms with E-state index in [1.54, 1.807) is 37.6 Å². The van der Waals surface area contributed by atoms with Crippen LogP contribution in [0.25, 0.3) is 0 Å². The van der Waals surface area contributed by atoms with Crippen LogP contribution in [-0.2, 0) is 24.2 Å². The maximum atomic E-state index is 11.9. The van der Waals surface area contributed by atoms with Crippen LogP contribution < -0.4 is 5.32 Å². The first-order chi connectivity index (χ1) is 16.4. The molecule has 0 aliphatic carbocycles. The molecule has 10 heteroatoms. The molecule has 2 aromatic carbocycles. The van der Waals surface area contributed by atoms with E-state index in [1.807, 2.05) is 33.7 Å². The predicted octanol–water partition coefficient (Wildman–Crippen LogP) is 5.19. The summed E-state index contributed by atoms with van der Waals surface area (Å²) in [4.78, 5) is 18.1. The Labute approximate surface area is 213 Å². The lowest BCUT2D eigenvalue weighted by Crippen LogP contribution is -2.43. The normalized spacial score (nSPS) is 10.4. The van der Waals surface area contributed by atoms with Gasteiger partial charge in [-0.15, -0.1) is 0 Å². The fourth-order valence-corrected chi connectivity index (χ4v) is 3.91. The Morgan fingerprint density at radius 2 is 2.03 bits per heavy atom. The second-order valence-electron chi connectivity index (χ2n) is 7.36. The maximum Gasteiger partial charge on any atom is 0.413 e. The number of aromatic nitrogens is 2. The van der Waals surface area contributed by atoms with Crippen molar-refractivity contribution in [2.24, 2.45) is 0 Å². The van der Waals surface area contributed by atoms with Crippen molar-refractivity contribution in [3.63, 3.8) is 0 Å². The second-order valence-corrected chi connectivity index (χ2v) is 8.53. The van der Waals surface area contributed by atoms with E-state index in [0.717, 1.165) is 16.8 Å². The van der Waals surface area contributed by atoms with E-state index < -0.39 is 6.09 Å². The van der Waals surface area contributed by atoms with Crippen LogP contribution in [0.1, 0.15) is 29.3 Å². The number of benzene rings is 2. The molecule has 7 nitrogen and oxygen atoms in total. The molecule has 1 aromatic heterocycles. The van der Waals surface area contributed by atoms with Crippen LogP contribution in [0.4, 0.5) is 4.79 Å². The third kappa shape index (κ3) is 6.94. The Kier molecular flexibility index (Phi) is 9.28. The molecule has 0 bridgehead atoms. The highest BCUT2D eigenvalue weighted by atomic mass is 35.5. The maximum absolute atomic E-state index is 11.9. The predicted molar refractivity (Wildman–Crippen MR) is 136 cm³/mol. The van der Waals surface area contributed by atoms with Crippen LogP contribution in [0.3, 0.4) is 0 Å². The van der Waals surface area contributed by atoms with Crippen LogP contribution in [-0.4, -0.2) is 38.8 Å². The van der Waals surface area contributed by atoms with Crippen molar-refractivity contribution < 1.29 is 9.53 Å². The quantitative estimate of drug-likeness (QED) is 0.415. The van der Waals surface area contributed by atoms with E-state index in [0.29, 0.717) is 41.7 Å². The summed E-state index contributed by atoms with van der Waals surface area (Å²) >= 11 is 18.0. The molecular weight excluding hydrogens is 493 g/mol. The zero-order valence-electron chi connectivity index (χ0n) is 18.5. The number of carbonyl (C=O) groups excluding carboxylic acids is 1. The first-order valence-electron chi connectivity index (χ1n) is 10.5. The summed E-state index contributed by atoms with van der Waals surface area (Å²) in [6.45, 7) is 3.43. The van der Waals surface area contributed by atoms with Crippen molar-refractivity contribution in [2.75, 3.05) is 13.2 Å². The lowest BCUT2D eigenvalue weighted by molar-refractivity contribution is 0.156. The van der Waals surface area contributed by atoms with Crippen LogP contribution in [0.15, 0.2) is 55.0 Å². The minimum absolute atomic E-state index is 0.229. The smallest absolute Gasteiger partial charge is 0.413 e. The van der Waals surface area contributed by atoms with E-state index in [4.69, 9.17) is 45.4 Å². The molecule has 3 aromatic rings. The molecule has 0 atom stereocenters. The van der Waals surface area contributed by atoms with Gasteiger partial charge in [-0.25, -0.2) is 9.78 Å². The van der Waals surface area contributed by atoms with Gasteiger partial charge in [0.25, 0.3) is 0 Å². The Balaban J connectivity index is 1.74. The number of hydrogen-bond donors (Lipinski definition) is 1. The summed E-state index contributed by atoms with van der Waals surface area (Å²) in [5.74, 6) is 0. The Morgan fingerprint density at radius 1 is 1.26 bits per heavy atom. The van der Waals surface area contributed by atoms with Gasteiger partial charge in [0, 0.05) is 37.9 Å². The van der Waals surface area contributed by atoms with Crippen molar-refractivity contribution in [2.45, 2.75) is 26.4 Å². The first kappa shape index (κ1) is 25.5. The molecule has 1 heterocycles. The van der Waals surface area contributed by atoms with E-state index in [9.17, 15) is 4.79 Å². The number of carbonyl (C=O) groups is 1. The fraction of sp³-hybridized carbons (Fsp3) is 0.250. The number of thiocarbonyl (C=S) groups is 1. The van der Waals surface area contributed by atoms with E-state index in [-0.39, 0.29) is 11.7 Å². The van der Waals surface area contributed by atoms with Crippen LogP contribution >= 0.6 is 35.4 Å². The molecule has 0 aliphatic heterocycles. The highest BCUT2D eigenvalue weighted by Crippen LogP contribution is 2.26. The standard InChI is InChI=1S/C24H23Cl2N5O2S/c1-2-33-24(32)29-23(34)30(15-19-4-3-5-21(25)22(19)26)11-10-20-13-28-16-31(20)14-18-8-6-17(12-27)7-9-18/h3-9,13,16H,2,10-11,14-15H2,1H3,(H,29,32,34). The van der Waals surface area contributed by atoms with Gasteiger partial charge < -0.3 is 14.2 Å². The highest BCUT2D eigenvalue weighted by Gasteiger charge is 2.17. The SMILES string of the molecule is CCOC(=O)NC(=S)N(CCc1cncn1Cc1ccc(C#N)cc1)Cc1cccc(Cl)c1Cl. The molecule has 1 amide bonds. The summed E-state index contributed by atoms with van der Waals surface area (Å²) in [5.41, 5.74) is 3.45. The van der Waals surface area contributed by atoms with Crippen molar-refractivity contribution in [1.29, 1.82) is 5.26 Å². The molecule has 34 heavy (non-hydrogen) atoms. The molecule has 176 valence electrons. The number of nitrogens with zero attached hydrogens (tertiary/aromatic N) is 4. The molecule has 0 radical (unpaired) electrons. The highest BCUT2D eigenvalue weighted by molar-refractivity contribution is 7.80. The first-order valence-corrected chi connectivity index (χ1v) is 11.7. The van der Waals surface area contributed by atoms with Crippen molar-refractivity contribution in [3.05, 3.63) is 87.4 Å². The van der Waals surface area contributed by atoms with Crippen molar-refractivity contribution in [1.82, 2.24) is 19.8 Å². The van der Waals surface area contributed by atoms with Gasteiger partial charge in [0.2, 0.25) is 0 Å². The van der Waals surface area contributed by atoms with E-state index in [1.165, 1.54) is 0 Å². The summed E-state index contributed by atoms with van der Waals surface area (Å²) in [6, 6.07) is 15.0. The van der Waals surface area contributed by atoms with E-state index in [2.05, 4.69) is 16.4 Å². The zero-order chi connectivity index (χ0) is 24.5. The van der Waals surface area contributed by atoms with Gasteiger partial charge in [0.15, 0.2) is 5.11 Å². The van der Waals surface area contributed by atoms with Gasteiger partial charge in [-0.05, 0) is 48.5 Å². The summed E-state index contributed by atoms with van der Waals surface area (Å²) in [5, 5.41) is 12.7. The van der Waals surface area contributed by atoms with Gasteiger partial charge in [-0.2, -0.15) is 5.26 Å². The Hall–Kier alpha value is -3.12. The lowest BCUT2D eigenvalue weighted by atomic mass is 10.1. The number of nitrogens with one attached hydrogen (secondary N) is 1. The van der Waals surface area contributed by atoms with Gasteiger partial charge >= 0.3 is 6.09 Å². The molecule has 0 saturated carbocycles. The van der Waals surface area contributed by atoms with Crippen LogP contribution in [0, 0.1) is 11.3 Å². The third-order valence-electron chi connectivity index (χ3n) is 5.04. The molecule has 1 N–H and O–H groups in total. The number of rotatable bonds is 8. The van der Waals surface area contributed by atoms with E-state index >= 15 is 0 Å². The number of imidazole rings is 1. The fourth-order valence-electron chi connectivity index (χ4n) is 3.29. The zero-order valence-corrected chi connectivity index (χ0v) is 20.8. The average Bonchev–Trinajstić information content (AvgIpc) is 3.26. The summed E-state index contributed by atoms with van der Waals surface area (Å²) < 4.78 is 7.00. The van der Waals surface area contributed by atoms with Gasteiger partial charge in [-0.3, -0.25) is 5.32 Å². The van der Waals surface area contributed by atoms with Crippen molar-refractivity contribution >= 4 is 46.6 Å². The summed E-state index contributed by atoms with van der Waals surface area (Å²) in [7, 11) is 0. The van der Waals surface area contributed by atoms with Gasteiger partial charge in [0.1, 0.15) is 0 Å².